The lowest BCUT2D eigenvalue weighted by Gasteiger charge is -2.62. The molecule has 3 fully saturated rings. The summed E-state index contributed by atoms with van der Waals surface area (Å²) >= 11 is 0. The van der Waals surface area contributed by atoms with Crippen LogP contribution in [0.5, 0.6) is 0 Å². The molecule has 0 saturated heterocycles. The summed E-state index contributed by atoms with van der Waals surface area (Å²) in [6.45, 7) is 4.20. The van der Waals surface area contributed by atoms with Crippen LogP contribution in [0.15, 0.2) is 23.8 Å². The Bertz CT molecular complexity index is 918. The first-order valence-corrected chi connectivity index (χ1v) is 11.3. The molecule has 0 radical (unpaired) electrons. The van der Waals surface area contributed by atoms with Crippen LogP contribution in [0, 0.1) is 28.6 Å². The van der Waals surface area contributed by atoms with Crippen molar-refractivity contribution in [1.29, 1.82) is 0 Å². The van der Waals surface area contributed by atoms with Gasteiger partial charge < -0.3 is 26.2 Å². The summed E-state index contributed by atoms with van der Waals surface area (Å²) in [4.78, 5) is 33.6. The highest BCUT2D eigenvalue weighted by Crippen LogP contribution is 2.70. The van der Waals surface area contributed by atoms with Gasteiger partial charge >= 0.3 is 5.97 Å². The van der Waals surface area contributed by atoms with E-state index in [1.54, 1.807) is 26.8 Å². The number of halogens is 1. The highest BCUT2D eigenvalue weighted by molar-refractivity contribution is 6.01. The van der Waals surface area contributed by atoms with Gasteiger partial charge in [0.15, 0.2) is 17.2 Å². The Morgan fingerprint density at radius 2 is 1.88 bits per heavy atom. The number of carboxylic acid groups (broad SMARTS) is 1. The van der Waals surface area contributed by atoms with Gasteiger partial charge in [-0.1, -0.05) is 25.5 Å². The van der Waals surface area contributed by atoms with Gasteiger partial charge in [0.05, 0.1) is 12.6 Å². The second-order valence-corrected chi connectivity index (χ2v) is 10.3. The molecule has 0 spiro atoms. The minimum absolute atomic E-state index is 0.0676. The van der Waals surface area contributed by atoms with E-state index in [0.717, 1.165) is 0 Å². The molecule has 3 saturated carbocycles. The van der Waals surface area contributed by atoms with Crippen molar-refractivity contribution in [3.63, 3.8) is 0 Å². The molecule has 8 atom stereocenters. The Balaban J connectivity index is 0.000000555. The van der Waals surface area contributed by atoms with Gasteiger partial charge in [0.1, 0.15) is 12.2 Å². The van der Waals surface area contributed by atoms with Gasteiger partial charge in [-0.25, -0.2) is 4.39 Å². The maximum Gasteiger partial charge on any atom is 0.317 e. The molecule has 4 rings (SSSR count). The van der Waals surface area contributed by atoms with Crippen molar-refractivity contribution in [2.75, 3.05) is 13.2 Å². The number of Topliss-reactive ketones (excluding diaryl/α,β-unsaturated/α-hetero) is 1. The summed E-state index contributed by atoms with van der Waals surface area (Å²) in [6.07, 6.45) is 4.44. The molecule has 0 aliphatic heterocycles. The zero-order valence-corrected chi connectivity index (χ0v) is 19.3. The zero-order valence-electron chi connectivity index (χ0n) is 19.3. The van der Waals surface area contributed by atoms with E-state index in [4.69, 9.17) is 5.11 Å². The molecule has 33 heavy (non-hydrogen) atoms. The Kier molecular flexibility index (Phi) is 6.52. The first-order valence-electron chi connectivity index (χ1n) is 11.3. The third kappa shape index (κ3) is 3.35. The Labute approximate surface area is 192 Å². The van der Waals surface area contributed by atoms with Gasteiger partial charge in [-0.05, 0) is 56.6 Å². The molecule has 0 aromatic carbocycles. The summed E-state index contributed by atoms with van der Waals surface area (Å²) in [7, 11) is 0. The van der Waals surface area contributed by atoms with Crippen LogP contribution in [-0.4, -0.2) is 68.5 Å². The van der Waals surface area contributed by atoms with E-state index in [-0.39, 0.29) is 24.7 Å². The van der Waals surface area contributed by atoms with Crippen molar-refractivity contribution < 1.29 is 39.2 Å². The number of alkyl halides is 1. The van der Waals surface area contributed by atoms with E-state index >= 15 is 4.39 Å². The molecule has 8 nitrogen and oxygen atoms in total. The molecule has 0 heterocycles. The Hall–Kier alpha value is -1.94. The number of hydrogen-bond donors (Lipinski definition) is 5. The quantitative estimate of drug-likeness (QED) is 0.410. The van der Waals surface area contributed by atoms with Gasteiger partial charge in [0, 0.05) is 16.7 Å². The second-order valence-electron chi connectivity index (χ2n) is 10.3. The van der Waals surface area contributed by atoms with Crippen LogP contribution < -0.4 is 5.73 Å². The molecule has 0 amide bonds. The highest BCUT2D eigenvalue weighted by atomic mass is 19.1. The largest absolute Gasteiger partial charge is 0.480 e. The predicted octanol–water partition coefficient (Wildman–Crippen LogP) is 0.925. The number of carbonyl (C=O) groups excluding carboxylic acids is 2. The number of carboxylic acids is 1. The van der Waals surface area contributed by atoms with E-state index in [0.29, 0.717) is 24.8 Å². The first kappa shape index (κ1) is 25.7. The number of hydrogen-bond acceptors (Lipinski definition) is 7. The van der Waals surface area contributed by atoms with E-state index in [9.17, 15) is 29.7 Å². The molecule has 0 bridgehead atoms. The fraction of sp³-hybridized carbons (Fsp3) is 0.708. The van der Waals surface area contributed by atoms with Crippen LogP contribution in [0.2, 0.25) is 0 Å². The van der Waals surface area contributed by atoms with Crippen LogP contribution in [0.25, 0.3) is 0 Å². The van der Waals surface area contributed by atoms with Crippen LogP contribution >= 0.6 is 0 Å². The van der Waals surface area contributed by atoms with E-state index in [2.05, 4.69) is 5.73 Å². The van der Waals surface area contributed by atoms with Crippen molar-refractivity contribution in [3.05, 3.63) is 23.8 Å². The number of nitrogens with two attached hydrogens (primary N) is 1. The first-order chi connectivity index (χ1) is 15.2. The Morgan fingerprint density at radius 1 is 1.27 bits per heavy atom. The van der Waals surface area contributed by atoms with Crippen molar-refractivity contribution >= 4 is 17.5 Å². The van der Waals surface area contributed by atoms with Gasteiger partial charge in [-0.15, -0.1) is 0 Å². The van der Waals surface area contributed by atoms with Gasteiger partial charge in [-0.3, -0.25) is 14.4 Å². The second kappa shape index (κ2) is 8.37. The van der Waals surface area contributed by atoms with Crippen molar-refractivity contribution in [2.24, 2.45) is 34.3 Å². The number of aliphatic carboxylic acids is 1. The van der Waals surface area contributed by atoms with E-state index in [1.807, 2.05) is 0 Å². The van der Waals surface area contributed by atoms with Crippen molar-refractivity contribution in [2.45, 2.75) is 63.8 Å². The summed E-state index contributed by atoms with van der Waals surface area (Å²) in [6, 6.07) is 0. The van der Waals surface area contributed by atoms with Gasteiger partial charge in [0.2, 0.25) is 0 Å². The number of aliphatic hydroxyl groups is 3. The summed E-state index contributed by atoms with van der Waals surface area (Å²) in [5, 5.41) is 39.6. The maximum atomic E-state index is 16.9. The highest BCUT2D eigenvalue weighted by Gasteiger charge is 2.75. The average molecular weight is 468 g/mol. The molecule has 0 unspecified atom stereocenters. The minimum Gasteiger partial charge on any atom is -0.480 e. The number of allylic oxidation sites excluding steroid dienone is 4. The number of rotatable bonds is 3. The fourth-order valence-corrected chi connectivity index (χ4v) is 7.26. The lowest BCUT2D eigenvalue weighted by Crippen LogP contribution is -2.69. The smallest absolute Gasteiger partial charge is 0.317 e. The summed E-state index contributed by atoms with van der Waals surface area (Å²) in [5.74, 6) is -3.09. The summed E-state index contributed by atoms with van der Waals surface area (Å²) < 4.78 is 16.9. The van der Waals surface area contributed by atoms with Crippen molar-refractivity contribution in [1.82, 2.24) is 0 Å². The molecule has 6 N–H and O–H groups in total. The maximum absolute atomic E-state index is 16.9. The number of ketones is 2. The van der Waals surface area contributed by atoms with E-state index in [1.165, 1.54) is 12.2 Å². The number of fused-ring (bicyclic) bond motifs is 5. The predicted molar refractivity (Wildman–Crippen MR) is 117 cm³/mol. The standard InChI is InChI=1S/C22H29FO5.C2H5NO2/c1-12-8-16-15-5-4-13-9-14(25)6-7-19(13,2)21(15,23)17(26)10-20(16,3)22(12,28)18(27)11-24;3-1-2(4)5/h6-7,9,12,15-17,24,26,28H,4-5,8,10-11H2,1-3H3;1,3H2,(H,4,5)/t12-,15+,16+,17+,19+,20+,21+,22+;/m1./s1. The fourth-order valence-electron chi connectivity index (χ4n) is 7.26. The third-order valence-corrected chi connectivity index (χ3v) is 8.97. The molecule has 4 aliphatic rings. The average Bonchev–Trinajstić information content (AvgIpc) is 2.96. The molecular formula is C24H34FNO7. The molecular weight excluding hydrogens is 433 g/mol. The molecule has 0 aromatic heterocycles. The normalized spacial score (nSPS) is 45.7. The van der Waals surface area contributed by atoms with E-state index < -0.39 is 58.4 Å². The lowest BCUT2D eigenvalue weighted by atomic mass is 9.44. The molecule has 184 valence electrons. The third-order valence-electron chi connectivity index (χ3n) is 8.97. The molecule has 4 aliphatic carbocycles. The van der Waals surface area contributed by atoms with Crippen LogP contribution in [0.3, 0.4) is 0 Å². The lowest BCUT2D eigenvalue weighted by molar-refractivity contribution is -0.219. The van der Waals surface area contributed by atoms with Crippen LogP contribution in [0.4, 0.5) is 4.39 Å². The topological polar surface area (TPSA) is 158 Å². The number of carbonyl (C=O) groups is 3. The van der Waals surface area contributed by atoms with Gasteiger partial charge in [0.25, 0.3) is 0 Å². The van der Waals surface area contributed by atoms with Gasteiger partial charge in [-0.2, -0.15) is 0 Å². The molecule has 0 aromatic rings. The SMILES string of the molecule is C[C@@H]1C[C@H]2[C@@H]3CCC4=CC(=O)C=C[C@]4(C)[C@@]3(F)[C@@H](O)C[C@]2(C)[C@@]1(O)C(=O)CO.NCC(=O)O. The molecule has 9 heteroatoms. The summed E-state index contributed by atoms with van der Waals surface area (Å²) in [5.41, 5.74) is -0.597. The van der Waals surface area contributed by atoms with Crippen LogP contribution in [0.1, 0.15) is 46.5 Å². The van der Waals surface area contributed by atoms with Crippen LogP contribution in [-0.2, 0) is 14.4 Å². The Morgan fingerprint density at radius 3 is 2.42 bits per heavy atom. The zero-order chi connectivity index (χ0) is 25.0. The minimum atomic E-state index is -1.98. The van der Waals surface area contributed by atoms with Crippen molar-refractivity contribution in [3.8, 4) is 0 Å². The number of aliphatic hydroxyl groups excluding tert-OH is 2. The monoisotopic (exact) mass is 467 g/mol.